The van der Waals surface area contributed by atoms with Gasteiger partial charge in [-0.25, -0.2) is 4.68 Å². The third-order valence-corrected chi connectivity index (χ3v) is 3.35. The molecule has 1 aromatic carbocycles. The summed E-state index contributed by atoms with van der Waals surface area (Å²) in [5, 5.41) is 4.12. The van der Waals surface area contributed by atoms with E-state index in [1.807, 2.05) is 6.07 Å². The molecule has 0 aliphatic heterocycles. The quantitative estimate of drug-likeness (QED) is 0.611. The van der Waals surface area contributed by atoms with Crippen molar-refractivity contribution in [1.29, 1.82) is 0 Å². The van der Waals surface area contributed by atoms with Crippen molar-refractivity contribution in [3.63, 3.8) is 0 Å². The van der Waals surface area contributed by atoms with Crippen LogP contribution in [0.1, 0.15) is 18.4 Å². The minimum absolute atomic E-state index is 0.0124. The number of aromatic nitrogens is 2. The van der Waals surface area contributed by atoms with E-state index in [1.165, 1.54) is 10.2 Å². The number of benzene rings is 1. The van der Waals surface area contributed by atoms with Crippen LogP contribution in [0.15, 0.2) is 47.4 Å². The zero-order valence-corrected chi connectivity index (χ0v) is 12.2. The van der Waals surface area contributed by atoms with Crippen LogP contribution in [0, 0.1) is 3.57 Å². The fourth-order valence-corrected chi connectivity index (χ4v) is 2.21. The van der Waals surface area contributed by atoms with Crippen molar-refractivity contribution in [2.75, 3.05) is 0 Å². The lowest BCUT2D eigenvalue weighted by Gasteiger charge is -2.04. The highest BCUT2D eigenvalue weighted by molar-refractivity contribution is 14.1. The summed E-state index contributed by atoms with van der Waals surface area (Å²) >= 11 is 2.10. The maximum absolute atomic E-state index is 11.6. The fraction of sp³-hybridized carbons (Fsp3) is 0.286. The molecule has 4 heteroatoms. The summed E-state index contributed by atoms with van der Waals surface area (Å²) in [5.74, 6) is 0. The molecule has 0 saturated heterocycles. The molecule has 0 saturated carbocycles. The molecule has 0 N–H and O–H groups in total. The Morgan fingerprint density at radius 2 is 1.94 bits per heavy atom. The molecule has 3 nitrogen and oxygen atoms in total. The summed E-state index contributed by atoms with van der Waals surface area (Å²) in [6.45, 7) is 0.697. The monoisotopic (exact) mass is 354 g/mol. The van der Waals surface area contributed by atoms with E-state index in [9.17, 15) is 4.79 Å². The van der Waals surface area contributed by atoms with Gasteiger partial charge in [0.25, 0.3) is 5.56 Å². The van der Waals surface area contributed by atoms with Crippen molar-refractivity contribution in [1.82, 2.24) is 9.78 Å². The Hall–Kier alpha value is -1.17. The van der Waals surface area contributed by atoms with E-state index in [2.05, 4.69) is 52.0 Å². The molecule has 18 heavy (non-hydrogen) atoms. The van der Waals surface area contributed by atoms with Crippen molar-refractivity contribution < 1.29 is 0 Å². The summed E-state index contributed by atoms with van der Waals surface area (Å²) in [5.41, 5.74) is 1.34. The molecule has 0 unspecified atom stereocenters. The SMILES string of the molecule is O=c1cc(I)cnn1CCCCc1ccccc1. The molecule has 0 bridgehead atoms. The van der Waals surface area contributed by atoms with Gasteiger partial charge in [-0.15, -0.1) is 0 Å². The number of unbranched alkanes of at least 4 members (excludes halogenated alkanes) is 1. The van der Waals surface area contributed by atoms with Gasteiger partial charge in [0.15, 0.2) is 0 Å². The summed E-state index contributed by atoms with van der Waals surface area (Å²) in [7, 11) is 0. The zero-order valence-electron chi connectivity index (χ0n) is 10.1. The number of halogens is 1. The Labute approximate surface area is 120 Å². The van der Waals surface area contributed by atoms with Crippen LogP contribution in [-0.4, -0.2) is 9.78 Å². The van der Waals surface area contributed by atoms with Crippen LogP contribution in [0.2, 0.25) is 0 Å². The van der Waals surface area contributed by atoms with Gasteiger partial charge in [-0.3, -0.25) is 4.79 Å². The van der Waals surface area contributed by atoms with Crippen molar-refractivity contribution in [3.8, 4) is 0 Å². The van der Waals surface area contributed by atoms with E-state index in [1.54, 1.807) is 12.3 Å². The second kappa shape index (κ2) is 6.68. The molecule has 1 aromatic heterocycles. The van der Waals surface area contributed by atoms with E-state index >= 15 is 0 Å². The minimum Gasteiger partial charge on any atom is -0.268 e. The summed E-state index contributed by atoms with van der Waals surface area (Å²) in [6, 6.07) is 12.0. The fourth-order valence-electron chi connectivity index (χ4n) is 1.81. The highest BCUT2D eigenvalue weighted by Crippen LogP contribution is 2.05. The van der Waals surface area contributed by atoms with E-state index in [4.69, 9.17) is 0 Å². The van der Waals surface area contributed by atoms with E-state index in [-0.39, 0.29) is 5.56 Å². The minimum atomic E-state index is -0.0124. The molecule has 0 fully saturated rings. The Bertz CT molecular complexity index is 551. The molecular formula is C14H15IN2O. The van der Waals surface area contributed by atoms with Crippen molar-refractivity contribution >= 4 is 22.6 Å². The summed E-state index contributed by atoms with van der Waals surface area (Å²) < 4.78 is 2.42. The topological polar surface area (TPSA) is 34.9 Å². The van der Waals surface area contributed by atoms with Crippen LogP contribution in [0.3, 0.4) is 0 Å². The normalized spacial score (nSPS) is 10.5. The molecule has 0 radical (unpaired) electrons. The maximum atomic E-state index is 11.6. The van der Waals surface area contributed by atoms with E-state index in [0.717, 1.165) is 22.8 Å². The van der Waals surface area contributed by atoms with Gasteiger partial charge in [0.2, 0.25) is 0 Å². The molecule has 1 heterocycles. The van der Waals surface area contributed by atoms with Crippen molar-refractivity contribution in [2.45, 2.75) is 25.8 Å². The summed E-state index contributed by atoms with van der Waals surface area (Å²) in [6.07, 6.45) is 4.83. The van der Waals surface area contributed by atoms with Gasteiger partial charge in [-0.2, -0.15) is 5.10 Å². The van der Waals surface area contributed by atoms with Crippen LogP contribution < -0.4 is 5.56 Å². The first-order chi connectivity index (χ1) is 8.75. The molecule has 2 rings (SSSR count). The lowest BCUT2D eigenvalue weighted by molar-refractivity contribution is 0.530. The van der Waals surface area contributed by atoms with Gasteiger partial charge < -0.3 is 0 Å². The molecule has 0 amide bonds. The predicted octanol–water partition coefficient (Wildman–Crippen LogP) is 2.87. The van der Waals surface area contributed by atoms with Gasteiger partial charge in [0, 0.05) is 16.2 Å². The van der Waals surface area contributed by atoms with E-state index in [0.29, 0.717) is 6.54 Å². The van der Waals surface area contributed by atoms with Gasteiger partial charge in [-0.1, -0.05) is 30.3 Å². The van der Waals surface area contributed by atoms with Gasteiger partial charge in [0.05, 0.1) is 6.20 Å². The first-order valence-corrected chi connectivity index (χ1v) is 7.10. The first kappa shape index (κ1) is 13.3. The second-order valence-electron chi connectivity index (χ2n) is 4.18. The Morgan fingerprint density at radius 1 is 1.17 bits per heavy atom. The first-order valence-electron chi connectivity index (χ1n) is 6.02. The Kier molecular flexibility index (Phi) is 4.92. The predicted molar refractivity (Wildman–Crippen MR) is 80.6 cm³/mol. The third kappa shape index (κ3) is 3.94. The standard InChI is InChI=1S/C14H15IN2O/c15-13-10-14(18)17(16-11-13)9-5-4-8-12-6-2-1-3-7-12/h1-3,6-7,10-11H,4-5,8-9H2. The Balaban J connectivity index is 1.80. The largest absolute Gasteiger partial charge is 0.268 e. The second-order valence-corrected chi connectivity index (χ2v) is 5.42. The lowest BCUT2D eigenvalue weighted by Crippen LogP contribution is -2.22. The smallest absolute Gasteiger partial charge is 0.267 e. The average molecular weight is 354 g/mol. The Morgan fingerprint density at radius 3 is 2.67 bits per heavy atom. The lowest BCUT2D eigenvalue weighted by atomic mass is 10.1. The molecule has 0 aliphatic rings. The number of hydrogen-bond donors (Lipinski definition) is 0. The molecule has 0 atom stereocenters. The highest BCUT2D eigenvalue weighted by Gasteiger charge is 1.98. The van der Waals surface area contributed by atoms with Gasteiger partial charge in [-0.05, 0) is 47.4 Å². The van der Waals surface area contributed by atoms with Crippen molar-refractivity contribution in [3.05, 3.63) is 62.1 Å². The van der Waals surface area contributed by atoms with Gasteiger partial charge >= 0.3 is 0 Å². The number of aryl methyl sites for hydroxylation is 2. The third-order valence-electron chi connectivity index (χ3n) is 2.76. The van der Waals surface area contributed by atoms with Gasteiger partial charge in [0.1, 0.15) is 0 Å². The van der Waals surface area contributed by atoms with E-state index < -0.39 is 0 Å². The molecule has 0 aliphatic carbocycles. The number of rotatable bonds is 5. The molecule has 0 spiro atoms. The van der Waals surface area contributed by atoms with Crippen LogP contribution in [0.25, 0.3) is 0 Å². The highest BCUT2D eigenvalue weighted by atomic mass is 127. The van der Waals surface area contributed by atoms with Crippen LogP contribution in [-0.2, 0) is 13.0 Å². The number of nitrogens with zero attached hydrogens (tertiary/aromatic N) is 2. The van der Waals surface area contributed by atoms with Crippen LogP contribution >= 0.6 is 22.6 Å². The molecule has 94 valence electrons. The van der Waals surface area contributed by atoms with Crippen molar-refractivity contribution in [2.24, 2.45) is 0 Å². The van der Waals surface area contributed by atoms with Crippen LogP contribution in [0.5, 0.6) is 0 Å². The molecular weight excluding hydrogens is 339 g/mol. The zero-order chi connectivity index (χ0) is 12.8. The average Bonchev–Trinajstić information content (AvgIpc) is 2.38. The maximum Gasteiger partial charge on any atom is 0.267 e. The molecule has 2 aromatic rings. The number of hydrogen-bond acceptors (Lipinski definition) is 2. The summed E-state index contributed by atoms with van der Waals surface area (Å²) in [4.78, 5) is 11.6. The van der Waals surface area contributed by atoms with Crippen LogP contribution in [0.4, 0.5) is 0 Å².